The molecule has 3 nitrogen and oxygen atoms in total. The van der Waals surface area contributed by atoms with Gasteiger partial charge in [0.2, 0.25) is 5.88 Å². The fraction of sp³-hybridized carbons (Fsp3) is 0.400. The molecular weight excluding hydrogens is 256 g/mol. The molecule has 0 fully saturated rings. The van der Waals surface area contributed by atoms with Crippen molar-refractivity contribution in [2.45, 2.75) is 31.8 Å². The van der Waals surface area contributed by atoms with Crippen molar-refractivity contribution in [1.29, 1.82) is 0 Å². The Morgan fingerprint density at radius 1 is 1.47 bits per heavy atom. The van der Waals surface area contributed by atoms with E-state index in [-0.39, 0.29) is 0 Å². The lowest BCUT2D eigenvalue weighted by Gasteiger charge is -2.24. The number of nitrogens with one attached hydrogen (secondary N) is 1. The van der Waals surface area contributed by atoms with Crippen LogP contribution in [-0.4, -0.2) is 12.1 Å². The van der Waals surface area contributed by atoms with Crippen molar-refractivity contribution in [3.8, 4) is 5.88 Å². The number of nitrogens with zero attached hydrogens (tertiary/aromatic N) is 1. The van der Waals surface area contributed by atoms with Crippen LogP contribution >= 0.6 is 11.3 Å². The summed E-state index contributed by atoms with van der Waals surface area (Å²) in [5.74, 6) is 0.719. The van der Waals surface area contributed by atoms with Gasteiger partial charge in [0.25, 0.3) is 0 Å². The van der Waals surface area contributed by atoms with E-state index >= 15 is 0 Å². The SMILES string of the molecule is COc1ncccc1CNC1CCCc2sccc21. The Bertz CT molecular complexity index is 553. The van der Waals surface area contributed by atoms with Crippen LogP contribution in [0.3, 0.4) is 0 Å². The zero-order chi connectivity index (χ0) is 13.1. The predicted molar refractivity (Wildman–Crippen MR) is 77.6 cm³/mol. The fourth-order valence-electron chi connectivity index (χ4n) is 2.67. The second-order valence-electron chi connectivity index (χ2n) is 4.80. The molecule has 0 bridgehead atoms. The Balaban J connectivity index is 1.71. The number of hydrogen-bond acceptors (Lipinski definition) is 4. The number of hydrogen-bond donors (Lipinski definition) is 1. The van der Waals surface area contributed by atoms with Crippen LogP contribution in [0.25, 0.3) is 0 Å². The molecule has 0 aromatic carbocycles. The molecule has 2 aromatic rings. The van der Waals surface area contributed by atoms with Gasteiger partial charge in [-0.05, 0) is 42.3 Å². The Morgan fingerprint density at radius 2 is 2.42 bits per heavy atom. The van der Waals surface area contributed by atoms with E-state index in [0.29, 0.717) is 6.04 Å². The van der Waals surface area contributed by atoms with Crippen LogP contribution in [0.5, 0.6) is 5.88 Å². The highest BCUT2D eigenvalue weighted by molar-refractivity contribution is 7.10. The molecule has 0 aliphatic heterocycles. The van der Waals surface area contributed by atoms with E-state index in [1.165, 1.54) is 24.8 Å². The lowest BCUT2D eigenvalue weighted by Crippen LogP contribution is -2.24. The molecule has 1 unspecified atom stereocenters. The smallest absolute Gasteiger partial charge is 0.217 e. The van der Waals surface area contributed by atoms with Crippen molar-refractivity contribution in [1.82, 2.24) is 10.3 Å². The number of aromatic nitrogens is 1. The van der Waals surface area contributed by atoms with Gasteiger partial charge in [-0.25, -0.2) is 4.98 Å². The van der Waals surface area contributed by atoms with Crippen LogP contribution in [0.15, 0.2) is 29.8 Å². The Morgan fingerprint density at radius 3 is 3.32 bits per heavy atom. The average Bonchev–Trinajstić information content (AvgIpc) is 2.94. The molecule has 1 N–H and O–H groups in total. The Labute approximate surface area is 117 Å². The highest BCUT2D eigenvalue weighted by Crippen LogP contribution is 2.33. The lowest BCUT2D eigenvalue weighted by atomic mass is 9.94. The summed E-state index contributed by atoms with van der Waals surface area (Å²) in [5.41, 5.74) is 2.60. The van der Waals surface area contributed by atoms with Crippen LogP contribution in [-0.2, 0) is 13.0 Å². The van der Waals surface area contributed by atoms with Crippen molar-refractivity contribution in [2.24, 2.45) is 0 Å². The van der Waals surface area contributed by atoms with Gasteiger partial charge in [-0.3, -0.25) is 0 Å². The summed E-state index contributed by atoms with van der Waals surface area (Å²) in [7, 11) is 1.67. The normalized spacial score (nSPS) is 18.1. The Kier molecular flexibility index (Phi) is 3.80. The van der Waals surface area contributed by atoms with Gasteiger partial charge in [0.1, 0.15) is 0 Å². The van der Waals surface area contributed by atoms with E-state index in [9.17, 15) is 0 Å². The van der Waals surface area contributed by atoms with Crippen molar-refractivity contribution >= 4 is 11.3 Å². The van der Waals surface area contributed by atoms with Crippen molar-refractivity contribution in [2.75, 3.05) is 7.11 Å². The molecule has 0 amide bonds. The monoisotopic (exact) mass is 274 g/mol. The molecule has 0 saturated heterocycles. The number of aryl methyl sites for hydroxylation is 1. The largest absolute Gasteiger partial charge is 0.481 e. The van der Waals surface area contributed by atoms with E-state index in [1.807, 2.05) is 17.4 Å². The maximum Gasteiger partial charge on any atom is 0.217 e. The zero-order valence-electron chi connectivity index (χ0n) is 11.1. The van der Waals surface area contributed by atoms with Crippen molar-refractivity contribution in [3.05, 3.63) is 45.8 Å². The van der Waals surface area contributed by atoms with E-state index < -0.39 is 0 Å². The summed E-state index contributed by atoms with van der Waals surface area (Å²) < 4.78 is 5.29. The van der Waals surface area contributed by atoms with Crippen LogP contribution < -0.4 is 10.1 Å². The minimum Gasteiger partial charge on any atom is -0.481 e. The molecule has 2 aromatic heterocycles. The number of thiophene rings is 1. The Hall–Kier alpha value is -1.39. The molecule has 0 spiro atoms. The summed E-state index contributed by atoms with van der Waals surface area (Å²) in [6.45, 7) is 0.803. The van der Waals surface area contributed by atoms with Gasteiger partial charge in [0.15, 0.2) is 0 Å². The zero-order valence-corrected chi connectivity index (χ0v) is 11.9. The third-order valence-corrected chi connectivity index (χ3v) is 4.63. The van der Waals surface area contributed by atoms with Crippen LogP contribution in [0.4, 0.5) is 0 Å². The number of fused-ring (bicyclic) bond motifs is 1. The van der Waals surface area contributed by atoms with Gasteiger partial charge in [-0.1, -0.05) is 6.07 Å². The topological polar surface area (TPSA) is 34.1 Å². The third kappa shape index (κ3) is 2.65. The number of rotatable bonds is 4. The molecule has 19 heavy (non-hydrogen) atoms. The standard InChI is InChI=1S/C15H18N2OS/c1-18-15-11(4-3-8-16-15)10-17-13-5-2-6-14-12(13)7-9-19-14/h3-4,7-9,13,17H,2,5-6,10H2,1H3. The molecule has 1 aliphatic carbocycles. The van der Waals surface area contributed by atoms with Gasteiger partial charge in [0.05, 0.1) is 7.11 Å². The summed E-state index contributed by atoms with van der Waals surface area (Å²) in [5, 5.41) is 5.85. The van der Waals surface area contributed by atoms with Gasteiger partial charge in [-0.15, -0.1) is 11.3 Å². The number of methoxy groups -OCH3 is 1. The van der Waals surface area contributed by atoms with Gasteiger partial charge >= 0.3 is 0 Å². The molecule has 0 saturated carbocycles. The van der Waals surface area contributed by atoms with E-state index in [2.05, 4.69) is 27.8 Å². The van der Waals surface area contributed by atoms with Crippen LogP contribution in [0.1, 0.15) is 34.9 Å². The van der Waals surface area contributed by atoms with E-state index in [1.54, 1.807) is 18.2 Å². The molecule has 4 heteroatoms. The van der Waals surface area contributed by atoms with Gasteiger partial charge < -0.3 is 10.1 Å². The second-order valence-corrected chi connectivity index (χ2v) is 5.80. The first kappa shape index (κ1) is 12.6. The first-order valence-corrected chi connectivity index (χ1v) is 7.54. The van der Waals surface area contributed by atoms with Gasteiger partial charge in [0, 0.05) is 29.2 Å². The van der Waals surface area contributed by atoms with Crippen LogP contribution in [0, 0.1) is 0 Å². The average molecular weight is 274 g/mol. The molecule has 1 aliphatic rings. The van der Waals surface area contributed by atoms with Crippen LogP contribution in [0.2, 0.25) is 0 Å². The molecule has 1 atom stereocenters. The lowest BCUT2D eigenvalue weighted by molar-refractivity contribution is 0.386. The fourth-order valence-corrected chi connectivity index (χ4v) is 3.66. The van der Waals surface area contributed by atoms with E-state index in [0.717, 1.165) is 18.0 Å². The highest BCUT2D eigenvalue weighted by Gasteiger charge is 2.20. The molecule has 3 rings (SSSR count). The number of ether oxygens (including phenoxy) is 1. The summed E-state index contributed by atoms with van der Waals surface area (Å²) in [6.07, 6.45) is 5.49. The first-order valence-electron chi connectivity index (χ1n) is 6.66. The number of pyridine rings is 1. The minimum atomic E-state index is 0.472. The molecule has 0 radical (unpaired) electrons. The minimum absolute atomic E-state index is 0.472. The maximum absolute atomic E-state index is 5.29. The summed E-state index contributed by atoms with van der Waals surface area (Å²) in [6, 6.07) is 6.75. The highest BCUT2D eigenvalue weighted by atomic mass is 32.1. The summed E-state index contributed by atoms with van der Waals surface area (Å²) >= 11 is 1.88. The third-order valence-electron chi connectivity index (χ3n) is 3.63. The van der Waals surface area contributed by atoms with E-state index in [4.69, 9.17) is 4.74 Å². The maximum atomic E-state index is 5.29. The first-order chi connectivity index (χ1) is 9.38. The van der Waals surface area contributed by atoms with Gasteiger partial charge in [-0.2, -0.15) is 0 Å². The van der Waals surface area contributed by atoms with Crippen molar-refractivity contribution in [3.63, 3.8) is 0 Å². The summed E-state index contributed by atoms with van der Waals surface area (Å²) in [4.78, 5) is 5.78. The molecule has 100 valence electrons. The molecular formula is C15H18N2OS. The molecule has 2 heterocycles. The van der Waals surface area contributed by atoms with Crippen molar-refractivity contribution < 1.29 is 4.74 Å². The quantitative estimate of drug-likeness (QED) is 0.928. The second kappa shape index (κ2) is 5.72. The predicted octanol–water partition coefficient (Wildman–Crippen LogP) is 3.32.